The van der Waals surface area contributed by atoms with E-state index in [0.717, 1.165) is 0 Å². The summed E-state index contributed by atoms with van der Waals surface area (Å²) in [6, 6.07) is 6.55. The van der Waals surface area contributed by atoms with Crippen molar-refractivity contribution in [2.24, 2.45) is 0 Å². The summed E-state index contributed by atoms with van der Waals surface area (Å²) < 4.78 is 0. The van der Waals surface area contributed by atoms with Crippen LogP contribution in [0.3, 0.4) is 0 Å². The molecule has 0 nitrogen and oxygen atoms in total. The standard InChI is InChI=1S/C13H14Cl.2ClH.Zr/c1-8-4-5-11(7-14)13-10(3)9(2)6-12(8)13;;;/h4-6H,7H2,1-3H3;2*1H;/q-1;;;+3/p-2. The Hall–Kier alpha value is 0.583. The van der Waals surface area contributed by atoms with Crippen LogP contribution in [-0.4, -0.2) is 0 Å². The number of halogens is 3. The summed E-state index contributed by atoms with van der Waals surface area (Å²) in [5.74, 6) is 0.598. The zero-order valence-corrected chi connectivity index (χ0v) is 14.8. The van der Waals surface area contributed by atoms with E-state index in [1.165, 1.54) is 33.0 Å². The van der Waals surface area contributed by atoms with E-state index in [9.17, 15) is 0 Å². The monoisotopic (exact) mass is 365 g/mol. The summed E-state index contributed by atoms with van der Waals surface area (Å²) in [4.78, 5) is 0. The molecule has 0 aliphatic rings. The van der Waals surface area contributed by atoms with Crippen LogP contribution in [0.25, 0.3) is 10.8 Å². The fourth-order valence-corrected chi connectivity index (χ4v) is 2.25. The smallest absolute Gasteiger partial charge is 1.00 e. The van der Waals surface area contributed by atoms with Gasteiger partial charge in [-0.3, -0.25) is 0 Å². The predicted octanol–water partition coefficient (Wildman–Crippen LogP) is -1.77. The predicted molar refractivity (Wildman–Crippen MR) is 63.3 cm³/mol. The van der Waals surface area contributed by atoms with E-state index in [1.807, 2.05) is 0 Å². The number of rotatable bonds is 1. The summed E-state index contributed by atoms with van der Waals surface area (Å²) in [7, 11) is 0. The molecule has 17 heavy (non-hydrogen) atoms. The number of hydrogen-bond donors (Lipinski definition) is 0. The molecular formula is C13H14Cl3Zr. The minimum atomic E-state index is 0. The van der Waals surface area contributed by atoms with Gasteiger partial charge >= 0.3 is 26.2 Å². The first-order chi connectivity index (χ1) is 6.65. The molecular weight excluding hydrogens is 354 g/mol. The third-order valence-electron chi connectivity index (χ3n) is 3.02. The fraction of sp³-hybridized carbons (Fsp3) is 0.308. The summed E-state index contributed by atoms with van der Waals surface area (Å²) in [6.45, 7) is 6.49. The first kappa shape index (κ1) is 19.9. The van der Waals surface area contributed by atoms with Crippen molar-refractivity contribution in [1.82, 2.24) is 0 Å². The van der Waals surface area contributed by atoms with Crippen LogP contribution in [0.4, 0.5) is 0 Å². The zero-order valence-electron chi connectivity index (χ0n) is 10.1. The molecule has 0 N–H and O–H groups in total. The first-order valence-electron chi connectivity index (χ1n) is 4.86. The summed E-state index contributed by atoms with van der Waals surface area (Å²) in [5, 5.41) is 2.72. The second-order valence-corrected chi connectivity index (χ2v) is 4.18. The van der Waals surface area contributed by atoms with Gasteiger partial charge in [-0.2, -0.15) is 5.56 Å². The SMILES string of the molecule is Cc1[cH-]c2c(C)ccc(CCl)c2c1C.[Cl-].[Cl-].[Zr+3]. The van der Waals surface area contributed by atoms with Crippen LogP contribution in [0.5, 0.6) is 0 Å². The third-order valence-corrected chi connectivity index (χ3v) is 3.31. The number of aryl methyl sites for hydroxylation is 3. The van der Waals surface area contributed by atoms with Crippen LogP contribution in [0.1, 0.15) is 22.3 Å². The second-order valence-electron chi connectivity index (χ2n) is 3.92. The zero-order chi connectivity index (χ0) is 10.3. The maximum Gasteiger partial charge on any atom is 3.00 e. The van der Waals surface area contributed by atoms with E-state index in [-0.39, 0.29) is 51.0 Å². The van der Waals surface area contributed by atoms with Crippen molar-refractivity contribution in [2.45, 2.75) is 26.7 Å². The molecule has 0 aliphatic heterocycles. The average molecular weight is 368 g/mol. The molecule has 2 aromatic rings. The first-order valence-corrected chi connectivity index (χ1v) is 5.39. The molecule has 0 fully saturated rings. The Morgan fingerprint density at radius 1 is 1.12 bits per heavy atom. The van der Waals surface area contributed by atoms with Crippen LogP contribution in [0.15, 0.2) is 18.2 Å². The topological polar surface area (TPSA) is 0 Å². The van der Waals surface area contributed by atoms with Crippen molar-refractivity contribution in [1.29, 1.82) is 0 Å². The maximum absolute atomic E-state index is 5.94. The minimum absolute atomic E-state index is 0. The van der Waals surface area contributed by atoms with Gasteiger partial charge in [0.1, 0.15) is 0 Å². The van der Waals surface area contributed by atoms with Crippen molar-refractivity contribution in [3.05, 3.63) is 40.5 Å². The van der Waals surface area contributed by atoms with Crippen molar-refractivity contribution in [3.63, 3.8) is 0 Å². The van der Waals surface area contributed by atoms with E-state index in [2.05, 4.69) is 39.0 Å². The van der Waals surface area contributed by atoms with E-state index < -0.39 is 0 Å². The van der Waals surface area contributed by atoms with Gasteiger partial charge in [0.15, 0.2) is 0 Å². The Balaban J connectivity index is 0. The van der Waals surface area contributed by atoms with Gasteiger partial charge in [-0.1, -0.05) is 32.4 Å². The molecule has 0 aliphatic carbocycles. The fourth-order valence-electron chi connectivity index (χ4n) is 2.03. The normalized spacial score (nSPS) is 9.18. The summed E-state index contributed by atoms with van der Waals surface area (Å²) in [5.41, 5.74) is 5.32. The molecule has 91 valence electrons. The van der Waals surface area contributed by atoms with E-state index in [1.54, 1.807) is 0 Å². The molecule has 0 atom stereocenters. The van der Waals surface area contributed by atoms with Gasteiger partial charge in [-0.25, -0.2) is 0 Å². The van der Waals surface area contributed by atoms with Gasteiger partial charge in [0.2, 0.25) is 0 Å². The quantitative estimate of drug-likeness (QED) is 0.413. The van der Waals surface area contributed by atoms with Gasteiger partial charge in [0.25, 0.3) is 0 Å². The Kier molecular flexibility index (Phi) is 9.25. The Labute approximate surface area is 139 Å². The third kappa shape index (κ3) is 3.54. The molecule has 2 rings (SSSR count). The van der Waals surface area contributed by atoms with Crippen molar-refractivity contribution in [3.8, 4) is 0 Å². The van der Waals surface area contributed by atoms with Gasteiger partial charge in [0.05, 0.1) is 0 Å². The van der Waals surface area contributed by atoms with Crippen LogP contribution in [0, 0.1) is 20.8 Å². The molecule has 0 saturated heterocycles. The molecule has 0 spiro atoms. The van der Waals surface area contributed by atoms with Crippen LogP contribution < -0.4 is 24.8 Å². The number of benzene rings is 1. The molecule has 0 unspecified atom stereocenters. The Morgan fingerprint density at radius 2 is 1.71 bits per heavy atom. The van der Waals surface area contributed by atoms with E-state index >= 15 is 0 Å². The average Bonchev–Trinajstić information content (AvgIpc) is 2.47. The summed E-state index contributed by atoms with van der Waals surface area (Å²) >= 11 is 5.94. The molecule has 1 radical (unpaired) electrons. The molecule has 0 aromatic heterocycles. The molecule has 0 amide bonds. The number of alkyl halides is 1. The van der Waals surface area contributed by atoms with Gasteiger partial charge in [0, 0.05) is 5.88 Å². The number of hydrogen-bond acceptors (Lipinski definition) is 0. The minimum Gasteiger partial charge on any atom is -1.00 e. The molecule has 0 saturated carbocycles. The molecule has 0 heterocycles. The second kappa shape index (κ2) is 7.90. The van der Waals surface area contributed by atoms with Gasteiger partial charge < -0.3 is 24.8 Å². The number of fused-ring (bicyclic) bond motifs is 1. The molecule has 4 heteroatoms. The Bertz CT molecular complexity index is 489. The van der Waals surface area contributed by atoms with Crippen molar-refractivity contribution >= 4 is 22.4 Å². The van der Waals surface area contributed by atoms with E-state index in [4.69, 9.17) is 11.6 Å². The van der Waals surface area contributed by atoms with Crippen LogP contribution in [0.2, 0.25) is 0 Å². The van der Waals surface area contributed by atoms with Crippen molar-refractivity contribution < 1.29 is 51.0 Å². The van der Waals surface area contributed by atoms with Gasteiger partial charge in [-0.05, 0) is 0 Å². The largest absolute Gasteiger partial charge is 3.00 e. The molecule has 0 bridgehead atoms. The van der Waals surface area contributed by atoms with Crippen molar-refractivity contribution in [2.75, 3.05) is 0 Å². The molecule has 2 aromatic carbocycles. The van der Waals surface area contributed by atoms with Crippen LogP contribution >= 0.6 is 11.6 Å². The van der Waals surface area contributed by atoms with Crippen LogP contribution in [-0.2, 0) is 32.1 Å². The van der Waals surface area contributed by atoms with E-state index in [0.29, 0.717) is 5.88 Å². The maximum atomic E-state index is 5.94. The Morgan fingerprint density at radius 3 is 2.24 bits per heavy atom. The summed E-state index contributed by atoms with van der Waals surface area (Å²) in [6.07, 6.45) is 0. The van der Waals surface area contributed by atoms with Gasteiger partial charge in [-0.15, -0.1) is 45.6 Å².